The average molecular weight is 321 g/mol. The number of aromatic nitrogens is 2. The van der Waals surface area contributed by atoms with Gasteiger partial charge in [0.1, 0.15) is 12.0 Å². The zero-order chi connectivity index (χ0) is 14.0. The van der Waals surface area contributed by atoms with Crippen LogP contribution in [0.5, 0.6) is 0 Å². The van der Waals surface area contributed by atoms with Crippen LogP contribution in [0.15, 0.2) is 17.1 Å². The molecule has 2 heterocycles. The van der Waals surface area contributed by atoms with Crippen LogP contribution in [0.25, 0.3) is 0 Å². The number of nitrogens with two attached hydrogens (primary N) is 1. The number of hydrogen-bond donors (Lipinski definition) is 1. The van der Waals surface area contributed by atoms with Crippen LogP contribution in [0.4, 0.5) is 5.82 Å². The molecule has 2 N–H and O–H groups in total. The Morgan fingerprint density at radius 1 is 1.68 bits per heavy atom. The summed E-state index contributed by atoms with van der Waals surface area (Å²) in [6.07, 6.45) is 2.11. The second-order valence-electron chi connectivity index (χ2n) is 4.54. The van der Waals surface area contributed by atoms with E-state index in [4.69, 9.17) is 15.0 Å². The van der Waals surface area contributed by atoms with Crippen molar-refractivity contribution in [1.82, 2.24) is 9.55 Å². The van der Waals surface area contributed by atoms with Gasteiger partial charge in [-0.05, 0) is 18.4 Å². The van der Waals surface area contributed by atoms with E-state index in [0.717, 1.165) is 6.42 Å². The zero-order valence-electron chi connectivity index (χ0n) is 10.6. The van der Waals surface area contributed by atoms with Crippen molar-refractivity contribution in [3.63, 3.8) is 0 Å². The number of rotatable bonds is 4. The molecule has 9 heteroatoms. The summed E-state index contributed by atoms with van der Waals surface area (Å²) in [6.45, 7) is 2.63. The molecule has 0 aliphatic carbocycles. The summed E-state index contributed by atoms with van der Waals surface area (Å²) in [7, 11) is 4.66. The van der Waals surface area contributed by atoms with Crippen molar-refractivity contribution in [2.75, 3.05) is 12.3 Å². The second-order valence-corrected chi connectivity index (χ2v) is 10.4. The van der Waals surface area contributed by atoms with Gasteiger partial charge in [0.05, 0.1) is 20.2 Å². The van der Waals surface area contributed by atoms with Crippen LogP contribution in [-0.4, -0.2) is 22.3 Å². The normalized spacial score (nSPS) is 27.1. The van der Waals surface area contributed by atoms with Crippen molar-refractivity contribution < 1.29 is 9.26 Å². The van der Waals surface area contributed by atoms with Crippen molar-refractivity contribution in [2.45, 2.75) is 25.7 Å². The fourth-order valence-electron chi connectivity index (χ4n) is 2.05. The Hall–Kier alpha value is -0.110. The third-order valence-corrected chi connectivity index (χ3v) is 4.43. The number of nitrogen functional groups attached to an aromatic ring is 1. The van der Waals surface area contributed by atoms with Gasteiger partial charge in [-0.3, -0.25) is 4.57 Å². The first-order chi connectivity index (χ1) is 8.97. The Bertz CT molecular complexity index is 496. The molecule has 0 aromatic carbocycles. The Labute approximate surface area is 117 Å². The fourth-order valence-corrected chi connectivity index (χ4v) is 2.88. The van der Waals surface area contributed by atoms with Gasteiger partial charge in [0.15, 0.2) is 0 Å². The lowest BCUT2D eigenvalue weighted by Gasteiger charge is -2.17. The second kappa shape index (κ2) is 6.56. The van der Waals surface area contributed by atoms with E-state index in [1.165, 1.54) is 4.57 Å². The summed E-state index contributed by atoms with van der Waals surface area (Å²) >= 11 is 0. The summed E-state index contributed by atoms with van der Waals surface area (Å²) in [5.41, 5.74) is 5.10. The monoisotopic (exact) mass is 321 g/mol. The SMILES string of the molecule is CC1C[C@H](n2ccc(N)nc2=O)O[C@@H]1COP(P)P. The Morgan fingerprint density at radius 2 is 2.42 bits per heavy atom. The molecule has 0 spiro atoms. The van der Waals surface area contributed by atoms with Crippen LogP contribution in [0.1, 0.15) is 19.6 Å². The lowest BCUT2D eigenvalue weighted by atomic mass is 10.0. The molecule has 0 amide bonds. The highest BCUT2D eigenvalue weighted by Crippen LogP contribution is 2.54. The first kappa shape index (κ1) is 15.3. The largest absolute Gasteiger partial charge is 0.383 e. The molecule has 3 unspecified atom stereocenters. The van der Waals surface area contributed by atoms with Crippen LogP contribution in [0.3, 0.4) is 0 Å². The molecule has 6 nitrogen and oxygen atoms in total. The van der Waals surface area contributed by atoms with Gasteiger partial charge in [0, 0.05) is 6.20 Å². The molecule has 2 rings (SSSR count). The maximum atomic E-state index is 11.8. The van der Waals surface area contributed by atoms with Crippen molar-refractivity contribution in [3.8, 4) is 0 Å². The number of hydrogen-bond acceptors (Lipinski definition) is 5. The first-order valence-electron chi connectivity index (χ1n) is 5.90. The fraction of sp³-hybridized carbons (Fsp3) is 0.600. The molecule has 1 aliphatic heterocycles. The number of anilines is 1. The van der Waals surface area contributed by atoms with Crippen molar-refractivity contribution in [1.29, 1.82) is 0 Å². The van der Waals surface area contributed by atoms with Gasteiger partial charge in [-0.1, -0.05) is 24.8 Å². The van der Waals surface area contributed by atoms with Crippen molar-refractivity contribution in [2.24, 2.45) is 5.92 Å². The van der Waals surface area contributed by atoms with Crippen molar-refractivity contribution in [3.05, 3.63) is 22.7 Å². The van der Waals surface area contributed by atoms with Gasteiger partial charge < -0.3 is 15.0 Å². The van der Waals surface area contributed by atoms with Crippen LogP contribution < -0.4 is 11.4 Å². The molecule has 0 bridgehead atoms. The van der Waals surface area contributed by atoms with E-state index >= 15 is 0 Å². The van der Waals surface area contributed by atoms with Gasteiger partial charge in [-0.15, -0.1) is 0 Å². The van der Waals surface area contributed by atoms with Crippen molar-refractivity contribution >= 4 is 31.2 Å². The smallest absolute Gasteiger partial charge is 0.351 e. The molecule has 5 atom stereocenters. The minimum Gasteiger partial charge on any atom is -0.383 e. The van der Waals surface area contributed by atoms with E-state index in [0.29, 0.717) is 12.5 Å². The van der Waals surface area contributed by atoms with E-state index in [9.17, 15) is 4.79 Å². The summed E-state index contributed by atoms with van der Waals surface area (Å²) in [5, 5.41) is 0. The lowest BCUT2D eigenvalue weighted by Crippen LogP contribution is -2.27. The predicted molar refractivity (Wildman–Crippen MR) is 82.9 cm³/mol. The molecule has 1 aliphatic rings. The molecule has 1 aromatic rings. The number of nitrogens with zero attached hydrogens (tertiary/aromatic N) is 2. The summed E-state index contributed by atoms with van der Waals surface area (Å²) in [6, 6.07) is 1.60. The van der Waals surface area contributed by atoms with Crippen LogP contribution in [0.2, 0.25) is 0 Å². The van der Waals surface area contributed by atoms with Gasteiger partial charge in [-0.2, -0.15) is 4.98 Å². The van der Waals surface area contributed by atoms with Gasteiger partial charge >= 0.3 is 5.69 Å². The maximum Gasteiger partial charge on any atom is 0.351 e. The molecule has 106 valence electrons. The molecule has 1 fully saturated rings. The Kier molecular flexibility index (Phi) is 5.28. The minimum absolute atomic E-state index is 0.000512. The van der Waals surface area contributed by atoms with E-state index in [-0.39, 0.29) is 23.8 Å². The van der Waals surface area contributed by atoms with Gasteiger partial charge in [-0.25, -0.2) is 4.79 Å². The number of ether oxygens (including phenoxy) is 1. The van der Waals surface area contributed by atoms with Crippen LogP contribution in [-0.2, 0) is 9.26 Å². The quantitative estimate of drug-likeness (QED) is 0.855. The molecule has 0 saturated carbocycles. The first-order valence-corrected chi connectivity index (χ1v) is 10.4. The summed E-state index contributed by atoms with van der Waals surface area (Å²) in [4.78, 5) is 15.5. The lowest BCUT2D eigenvalue weighted by molar-refractivity contribution is -0.0239. The molecular formula is C10H18N3O3P3. The highest BCUT2D eigenvalue weighted by Gasteiger charge is 2.34. The average Bonchev–Trinajstić information content (AvgIpc) is 2.67. The minimum atomic E-state index is -0.559. The topological polar surface area (TPSA) is 79.4 Å². The summed E-state index contributed by atoms with van der Waals surface area (Å²) in [5.74, 6) is 0.559. The Balaban J connectivity index is 2.05. The summed E-state index contributed by atoms with van der Waals surface area (Å²) < 4.78 is 12.9. The predicted octanol–water partition coefficient (Wildman–Crippen LogP) is 1.74. The Morgan fingerprint density at radius 3 is 3.05 bits per heavy atom. The van der Waals surface area contributed by atoms with Gasteiger partial charge in [0.25, 0.3) is 0 Å². The molecule has 1 aromatic heterocycles. The van der Waals surface area contributed by atoms with Crippen LogP contribution >= 0.6 is 25.4 Å². The highest BCUT2D eigenvalue weighted by atomic mass is 32.4. The zero-order valence-corrected chi connectivity index (χ0v) is 13.8. The van der Waals surface area contributed by atoms with E-state index in [2.05, 4.69) is 29.8 Å². The van der Waals surface area contributed by atoms with Gasteiger partial charge in [0.2, 0.25) is 0 Å². The third kappa shape index (κ3) is 3.93. The third-order valence-electron chi connectivity index (χ3n) is 3.09. The highest BCUT2D eigenvalue weighted by molar-refractivity contribution is 8.41. The van der Waals surface area contributed by atoms with E-state index < -0.39 is 7.53 Å². The molecule has 0 radical (unpaired) electrons. The van der Waals surface area contributed by atoms with E-state index in [1.54, 1.807) is 12.3 Å². The standard InChI is InChI=1S/C10H18N3O3P3/c1-6-4-9(16-7(6)5-15-19(17)18)13-3-2-8(11)12-10(13)14/h2-3,6-7,9H,4-5,17-18H2,1H3,(H2,11,12,14)/t6?,7-,9-/m1/s1. The molecule has 19 heavy (non-hydrogen) atoms. The molecular weight excluding hydrogens is 303 g/mol. The maximum absolute atomic E-state index is 11.8. The van der Waals surface area contributed by atoms with Crippen LogP contribution in [0, 0.1) is 5.92 Å². The molecule has 1 saturated heterocycles. The van der Waals surface area contributed by atoms with E-state index in [1.807, 2.05) is 0 Å².